The first-order chi connectivity index (χ1) is 19.8. The number of carbonyl (C=O) groups is 2. The Bertz CT molecular complexity index is 1260. The summed E-state index contributed by atoms with van der Waals surface area (Å²) in [7, 11) is 1.64. The maximum absolute atomic E-state index is 13.6. The summed E-state index contributed by atoms with van der Waals surface area (Å²) in [6, 6.07) is 17.4. The Morgan fingerprint density at radius 3 is 2.10 bits per heavy atom. The van der Waals surface area contributed by atoms with Gasteiger partial charge in [-0.3, -0.25) is 4.79 Å². The number of hydrogen-bond acceptors (Lipinski definition) is 7. The number of carbonyl (C=O) groups excluding carboxylic acids is 2. The van der Waals surface area contributed by atoms with Crippen molar-refractivity contribution in [1.29, 1.82) is 0 Å². The number of aromatic nitrogens is 1. The molecule has 0 spiro atoms. The number of aliphatic hydroxyl groups is 2. The zero-order valence-electron chi connectivity index (χ0n) is 25.2. The predicted molar refractivity (Wildman–Crippen MR) is 167 cm³/mol. The van der Waals surface area contributed by atoms with E-state index in [9.17, 15) is 19.8 Å². The fourth-order valence-electron chi connectivity index (χ4n) is 4.63. The van der Waals surface area contributed by atoms with Gasteiger partial charge < -0.3 is 31.5 Å². The molecule has 0 radical (unpaired) electrons. The summed E-state index contributed by atoms with van der Waals surface area (Å²) in [5.41, 5.74) is 8.03. The highest BCUT2D eigenvalue weighted by molar-refractivity contribution is 7.09. The molecule has 4 atom stereocenters. The number of nitrogens with two attached hydrogens (primary N) is 1. The fourth-order valence-corrected chi connectivity index (χ4v) is 5.46. The van der Waals surface area contributed by atoms with E-state index in [-0.39, 0.29) is 24.8 Å². The molecular weight excluding hydrogens is 550 g/mol. The fraction of sp³-hybridized carbons (Fsp3) is 0.469. The van der Waals surface area contributed by atoms with Crippen molar-refractivity contribution in [3.8, 4) is 0 Å². The third kappa shape index (κ3) is 10.2. The average Bonchev–Trinajstić information content (AvgIpc) is 3.41. The van der Waals surface area contributed by atoms with Gasteiger partial charge in [0.05, 0.1) is 18.3 Å². The molecule has 3 rings (SSSR count). The van der Waals surface area contributed by atoms with Crippen LogP contribution in [-0.2, 0) is 29.8 Å². The lowest BCUT2D eigenvalue weighted by Crippen LogP contribution is -2.55. The molecule has 3 amide bonds. The predicted octanol–water partition coefficient (Wildman–Crippen LogP) is 3.59. The summed E-state index contributed by atoms with van der Waals surface area (Å²) in [4.78, 5) is 32.5. The molecule has 0 saturated carbocycles. The van der Waals surface area contributed by atoms with Gasteiger partial charge in [-0.1, -0.05) is 74.5 Å². The molecular formula is C32H45N5O4S. The van der Waals surface area contributed by atoms with Crippen molar-refractivity contribution in [1.82, 2.24) is 20.5 Å². The summed E-state index contributed by atoms with van der Waals surface area (Å²) in [6.07, 6.45) is 0.444. The Balaban J connectivity index is 1.67. The minimum atomic E-state index is -1.06. The van der Waals surface area contributed by atoms with Gasteiger partial charge in [-0.05, 0) is 50.2 Å². The first kappa shape index (κ1) is 33.2. The lowest BCUT2D eigenvalue weighted by molar-refractivity contribution is -0.124. The molecule has 0 aliphatic heterocycles. The van der Waals surface area contributed by atoms with Crippen molar-refractivity contribution in [2.24, 2.45) is 11.7 Å². The first-order valence-electron chi connectivity index (χ1n) is 14.3. The Labute approximate surface area is 253 Å². The number of thiazole rings is 1. The third-order valence-electron chi connectivity index (χ3n) is 7.05. The van der Waals surface area contributed by atoms with Gasteiger partial charge >= 0.3 is 6.03 Å². The van der Waals surface area contributed by atoms with Crippen molar-refractivity contribution in [2.45, 2.75) is 83.3 Å². The minimum absolute atomic E-state index is 0.189. The van der Waals surface area contributed by atoms with E-state index in [0.717, 1.165) is 11.1 Å². The van der Waals surface area contributed by atoms with Gasteiger partial charge in [0.1, 0.15) is 16.7 Å². The van der Waals surface area contributed by atoms with Crippen LogP contribution in [-0.4, -0.2) is 63.3 Å². The second kappa shape index (κ2) is 15.2. The number of nitrogens with zero attached hydrogens (tertiary/aromatic N) is 2. The first-order valence-corrected chi connectivity index (χ1v) is 15.2. The lowest BCUT2D eigenvalue weighted by atomic mass is 9.93. The minimum Gasteiger partial charge on any atom is -0.391 e. The zero-order valence-corrected chi connectivity index (χ0v) is 26.0. The molecule has 2 aromatic carbocycles. The van der Waals surface area contributed by atoms with E-state index in [1.807, 2.05) is 79.9 Å². The number of nitrogens with one attached hydrogen (secondary N) is 2. The van der Waals surface area contributed by atoms with E-state index < -0.39 is 35.9 Å². The SMILES string of the molecule is CC(C)C(NC(=O)N(C)Cc1csc(C(C)(C)O)n1)C(=O)NC(Cc1ccccc1)CC(O)C(N)Cc1ccccc1. The second-order valence-corrected chi connectivity index (χ2v) is 12.6. The maximum atomic E-state index is 13.6. The summed E-state index contributed by atoms with van der Waals surface area (Å²) in [6.45, 7) is 7.31. The van der Waals surface area contributed by atoms with Crippen LogP contribution in [0.25, 0.3) is 0 Å². The molecule has 1 aromatic heterocycles. The summed E-state index contributed by atoms with van der Waals surface area (Å²) in [5.74, 6) is -0.513. The van der Waals surface area contributed by atoms with Gasteiger partial charge in [-0.25, -0.2) is 9.78 Å². The molecule has 42 heavy (non-hydrogen) atoms. The molecule has 10 heteroatoms. The molecule has 0 saturated heterocycles. The van der Waals surface area contributed by atoms with Crippen LogP contribution < -0.4 is 16.4 Å². The van der Waals surface area contributed by atoms with Crippen LogP contribution in [0, 0.1) is 5.92 Å². The van der Waals surface area contributed by atoms with Crippen molar-refractivity contribution >= 4 is 23.3 Å². The standard InChI is InChI=1S/C32H45N5O4S/c1-21(2)28(36-31(40)37(5)19-25-20-42-30(35-25)32(3,4)41)29(39)34-24(16-22-12-8-6-9-13-22)18-27(38)26(33)17-23-14-10-7-11-15-23/h6-15,20-21,24,26-28,38,41H,16-19,33H2,1-5H3,(H,34,39)(H,36,40). The molecule has 9 nitrogen and oxygen atoms in total. The van der Waals surface area contributed by atoms with E-state index in [1.165, 1.54) is 16.2 Å². The maximum Gasteiger partial charge on any atom is 0.318 e. The van der Waals surface area contributed by atoms with Gasteiger partial charge in [-0.2, -0.15) is 0 Å². The van der Waals surface area contributed by atoms with E-state index in [1.54, 1.807) is 20.9 Å². The van der Waals surface area contributed by atoms with Crippen LogP contribution in [0.3, 0.4) is 0 Å². The second-order valence-electron chi connectivity index (χ2n) is 11.8. The highest BCUT2D eigenvalue weighted by Gasteiger charge is 2.29. The zero-order chi connectivity index (χ0) is 30.9. The van der Waals surface area contributed by atoms with Crippen molar-refractivity contribution in [3.05, 3.63) is 87.9 Å². The van der Waals surface area contributed by atoms with Crippen LogP contribution in [0.5, 0.6) is 0 Å². The lowest BCUT2D eigenvalue weighted by Gasteiger charge is -2.29. The van der Waals surface area contributed by atoms with Crippen molar-refractivity contribution in [3.63, 3.8) is 0 Å². The van der Waals surface area contributed by atoms with Gasteiger partial charge in [0.15, 0.2) is 0 Å². The van der Waals surface area contributed by atoms with Crippen LogP contribution in [0.2, 0.25) is 0 Å². The summed E-state index contributed by atoms with van der Waals surface area (Å²) < 4.78 is 0. The van der Waals surface area contributed by atoms with Gasteiger partial charge in [0, 0.05) is 24.5 Å². The Morgan fingerprint density at radius 1 is 1.00 bits per heavy atom. The Hall–Kier alpha value is -3.31. The largest absolute Gasteiger partial charge is 0.391 e. The number of benzene rings is 2. The molecule has 0 aliphatic carbocycles. The topological polar surface area (TPSA) is 141 Å². The number of urea groups is 1. The van der Waals surface area contributed by atoms with Gasteiger partial charge in [0.2, 0.25) is 5.91 Å². The summed E-state index contributed by atoms with van der Waals surface area (Å²) >= 11 is 1.34. The van der Waals surface area contributed by atoms with E-state index in [2.05, 4.69) is 15.6 Å². The number of aliphatic hydroxyl groups excluding tert-OH is 1. The van der Waals surface area contributed by atoms with Crippen molar-refractivity contribution in [2.75, 3.05) is 7.05 Å². The van der Waals surface area contributed by atoms with E-state index >= 15 is 0 Å². The van der Waals surface area contributed by atoms with Crippen LogP contribution in [0.15, 0.2) is 66.0 Å². The molecule has 0 fully saturated rings. The average molecular weight is 596 g/mol. The van der Waals surface area contributed by atoms with E-state index in [0.29, 0.717) is 23.5 Å². The van der Waals surface area contributed by atoms with Crippen LogP contribution >= 0.6 is 11.3 Å². The molecule has 0 bridgehead atoms. The number of amides is 3. The smallest absolute Gasteiger partial charge is 0.318 e. The number of rotatable bonds is 14. The van der Waals surface area contributed by atoms with Gasteiger partial charge in [0.25, 0.3) is 0 Å². The van der Waals surface area contributed by atoms with Crippen molar-refractivity contribution < 1.29 is 19.8 Å². The highest BCUT2D eigenvalue weighted by atomic mass is 32.1. The van der Waals surface area contributed by atoms with Crippen LogP contribution in [0.4, 0.5) is 4.79 Å². The van der Waals surface area contributed by atoms with Gasteiger partial charge in [-0.15, -0.1) is 11.3 Å². The Morgan fingerprint density at radius 2 is 1.57 bits per heavy atom. The molecule has 3 aromatic rings. The monoisotopic (exact) mass is 595 g/mol. The molecule has 4 unspecified atom stereocenters. The normalized spacial score (nSPS) is 14.6. The van der Waals surface area contributed by atoms with E-state index in [4.69, 9.17) is 5.73 Å². The molecule has 1 heterocycles. The third-order valence-corrected chi connectivity index (χ3v) is 8.26. The summed E-state index contributed by atoms with van der Waals surface area (Å²) in [5, 5.41) is 29.5. The number of hydrogen-bond donors (Lipinski definition) is 5. The molecule has 0 aliphatic rings. The Kier molecular flexibility index (Phi) is 12.0. The quantitative estimate of drug-likeness (QED) is 0.193. The van der Waals surface area contributed by atoms with Crippen LogP contribution in [0.1, 0.15) is 55.9 Å². The highest BCUT2D eigenvalue weighted by Crippen LogP contribution is 2.24. The molecule has 228 valence electrons. The molecule has 6 N–H and O–H groups in total.